The summed E-state index contributed by atoms with van der Waals surface area (Å²) in [5, 5.41) is 0.723. The Morgan fingerprint density at radius 1 is 1.04 bits per heavy atom. The van der Waals surface area contributed by atoms with E-state index in [1.807, 2.05) is 41.0 Å². The highest BCUT2D eigenvalue weighted by molar-refractivity contribution is 5.83. The van der Waals surface area contributed by atoms with Crippen LogP contribution >= 0.6 is 0 Å². The molecule has 0 amide bonds. The van der Waals surface area contributed by atoms with Gasteiger partial charge in [-0.05, 0) is 49.9 Å². The molecule has 4 heteroatoms. The van der Waals surface area contributed by atoms with Crippen LogP contribution in [0.3, 0.4) is 0 Å². The molecule has 0 unspecified atom stereocenters. The van der Waals surface area contributed by atoms with Gasteiger partial charge in [-0.1, -0.05) is 12.1 Å². The van der Waals surface area contributed by atoms with Crippen molar-refractivity contribution in [3.05, 3.63) is 58.8 Å². The monoisotopic (exact) mass is 303 g/mol. The van der Waals surface area contributed by atoms with Gasteiger partial charge in [-0.15, -0.1) is 0 Å². The maximum Gasteiger partial charge on any atom is 0.261 e. The van der Waals surface area contributed by atoms with E-state index in [9.17, 15) is 4.79 Å². The van der Waals surface area contributed by atoms with Gasteiger partial charge in [-0.25, -0.2) is 4.98 Å². The van der Waals surface area contributed by atoms with Gasteiger partial charge in [0.2, 0.25) is 0 Å². The Hall–Kier alpha value is -2.49. The predicted molar refractivity (Wildman–Crippen MR) is 89.5 cm³/mol. The average Bonchev–Trinajstić information content (AvgIpc) is 2.63. The Kier molecular flexibility index (Phi) is 2.68. The summed E-state index contributed by atoms with van der Waals surface area (Å²) in [6, 6.07) is 12.1. The largest absolute Gasteiger partial charge is 0.293 e. The fourth-order valence-corrected chi connectivity index (χ4v) is 4.14. The average molecular weight is 303 g/mol. The van der Waals surface area contributed by atoms with Crippen molar-refractivity contribution in [2.45, 2.75) is 37.6 Å². The summed E-state index contributed by atoms with van der Waals surface area (Å²) in [5.74, 6) is 1.46. The fraction of sp³-hybridized carbons (Fsp3) is 0.316. The van der Waals surface area contributed by atoms with Gasteiger partial charge in [0.05, 0.1) is 16.6 Å². The van der Waals surface area contributed by atoms with Crippen LogP contribution in [0, 0.1) is 0 Å². The standard InChI is InChI=1S/C19H17N3O/c23-19-15-9-6-13(16-3-1-2-10-20-16)11-17(15)21-18-12-4-7-14(8-5-12)22(18)19/h1-3,6,9-12,14H,4-5,7-8H2. The number of nitrogens with zero attached hydrogens (tertiary/aromatic N) is 3. The maximum absolute atomic E-state index is 12.9. The minimum atomic E-state index is 0.131. The van der Waals surface area contributed by atoms with E-state index in [4.69, 9.17) is 4.98 Å². The molecule has 1 saturated carbocycles. The zero-order chi connectivity index (χ0) is 15.4. The highest BCUT2D eigenvalue weighted by Crippen LogP contribution is 2.43. The molecule has 4 nitrogen and oxygen atoms in total. The van der Waals surface area contributed by atoms with Gasteiger partial charge in [0.1, 0.15) is 5.82 Å². The summed E-state index contributed by atoms with van der Waals surface area (Å²) in [7, 11) is 0. The van der Waals surface area contributed by atoms with Crippen molar-refractivity contribution in [2.24, 2.45) is 0 Å². The molecule has 4 heterocycles. The molecule has 6 rings (SSSR count). The topological polar surface area (TPSA) is 47.8 Å². The fourth-order valence-electron chi connectivity index (χ4n) is 4.14. The second-order valence-corrected chi connectivity index (χ2v) is 6.60. The molecule has 0 spiro atoms. The third-order valence-corrected chi connectivity index (χ3v) is 5.32. The Bertz CT molecular complexity index is 954. The van der Waals surface area contributed by atoms with Gasteiger partial charge in [0, 0.05) is 23.7 Å². The van der Waals surface area contributed by atoms with E-state index in [2.05, 4.69) is 4.98 Å². The van der Waals surface area contributed by atoms with E-state index < -0.39 is 0 Å². The summed E-state index contributed by atoms with van der Waals surface area (Å²) in [5.41, 5.74) is 2.86. The molecule has 0 radical (unpaired) electrons. The molecule has 23 heavy (non-hydrogen) atoms. The molecular formula is C19H17N3O. The number of hydrogen-bond acceptors (Lipinski definition) is 3. The molecule has 3 aliphatic rings. The highest BCUT2D eigenvalue weighted by atomic mass is 16.1. The molecule has 2 aromatic heterocycles. The van der Waals surface area contributed by atoms with Gasteiger partial charge in [0.15, 0.2) is 0 Å². The lowest BCUT2D eigenvalue weighted by molar-refractivity contribution is 0.244. The predicted octanol–water partition coefficient (Wildman–Crippen LogP) is 3.67. The molecular weight excluding hydrogens is 286 g/mol. The van der Waals surface area contributed by atoms with Crippen LogP contribution in [0.25, 0.3) is 22.2 Å². The number of hydrogen-bond donors (Lipinski definition) is 0. The number of benzene rings is 1. The van der Waals surface area contributed by atoms with Crippen molar-refractivity contribution < 1.29 is 0 Å². The van der Waals surface area contributed by atoms with Crippen LogP contribution in [0.1, 0.15) is 43.5 Å². The van der Waals surface area contributed by atoms with Crippen molar-refractivity contribution in [3.8, 4) is 11.3 Å². The van der Waals surface area contributed by atoms with Crippen molar-refractivity contribution in [2.75, 3.05) is 0 Å². The van der Waals surface area contributed by atoms with Crippen LogP contribution in [-0.2, 0) is 0 Å². The lowest BCUT2D eigenvalue weighted by Crippen LogP contribution is -2.38. The van der Waals surface area contributed by atoms with Crippen LogP contribution in [0.2, 0.25) is 0 Å². The minimum Gasteiger partial charge on any atom is -0.293 e. The number of fused-ring (bicyclic) bond motifs is 3. The summed E-state index contributed by atoms with van der Waals surface area (Å²) in [4.78, 5) is 22.2. The summed E-state index contributed by atoms with van der Waals surface area (Å²) < 4.78 is 1.97. The summed E-state index contributed by atoms with van der Waals surface area (Å²) in [6.07, 6.45) is 6.37. The molecule has 1 aromatic carbocycles. The van der Waals surface area contributed by atoms with Crippen molar-refractivity contribution >= 4 is 10.9 Å². The molecule has 0 N–H and O–H groups in total. The first kappa shape index (κ1) is 13.0. The van der Waals surface area contributed by atoms with E-state index in [0.717, 1.165) is 40.8 Å². The van der Waals surface area contributed by atoms with Crippen LogP contribution < -0.4 is 5.56 Å². The lowest BCUT2D eigenvalue weighted by Gasteiger charge is -2.38. The van der Waals surface area contributed by atoms with Gasteiger partial charge in [-0.3, -0.25) is 14.3 Å². The molecule has 2 bridgehead atoms. The Morgan fingerprint density at radius 3 is 2.70 bits per heavy atom. The zero-order valence-electron chi connectivity index (χ0n) is 12.8. The van der Waals surface area contributed by atoms with Crippen LogP contribution in [0.15, 0.2) is 47.4 Å². The van der Waals surface area contributed by atoms with Gasteiger partial charge in [-0.2, -0.15) is 0 Å². The molecule has 3 aromatic rings. The SMILES string of the molecule is O=c1c2ccc(-c3ccccn3)cc2nc2n1C1CCC2CC1. The van der Waals surface area contributed by atoms with E-state index in [0.29, 0.717) is 12.0 Å². The van der Waals surface area contributed by atoms with Gasteiger partial charge in [0.25, 0.3) is 5.56 Å². The number of rotatable bonds is 1. The van der Waals surface area contributed by atoms with Gasteiger partial charge >= 0.3 is 0 Å². The highest BCUT2D eigenvalue weighted by Gasteiger charge is 2.35. The van der Waals surface area contributed by atoms with Crippen molar-refractivity contribution in [1.29, 1.82) is 0 Å². The first-order chi connectivity index (χ1) is 11.3. The Morgan fingerprint density at radius 2 is 1.91 bits per heavy atom. The molecule has 1 aliphatic carbocycles. The number of aromatic nitrogens is 3. The molecule has 0 atom stereocenters. The van der Waals surface area contributed by atoms with E-state index in [-0.39, 0.29) is 5.56 Å². The van der Waals surface area contributed by atoms with E-state index in [1.165, 1.54) is 12.8 Å². The Balaban J connectivity index is 1.76. The van der Waals surface area contributed by atoms with Gasteiger partial charge < -0.3 is 0 Å². The molecule has 114 valence electrons. The smallest absolute Gasteiger partial charge is 0.261 e. The van der Waals surface area contributed by atoms with E-state index >= 15 is 0 Å². The second kappa shape index (κ2) is 4.75. The Labute approximate surface area is 133 Å². The van der Waals surface area contributed by atoms with Crippen LogP contribution in [-0.4, -0.2) is 14.5 Å². The van der Waals surface area contributed by atoms with Crippen LogP contribution in [0.5, 0.6) is 0 Å². The second-order valence-electron chi connectivity index (χ2n) is 6.60. The van der Waals surface area contributed by atoms with Crippen LogP contribution in [0.4, 0.5) is 0 Å². The molecule has 1 fully saturated rings. The normalized spacial score (nSPS) is 22.3. The third kappa shape index (κ3) is 1.87. The summed E-state index contributed by atoms with van der Waals surface area (Å²) in [6.45, 7) is 0. The van der Waals surface area contributed by atoms with E-state index in [1.54, 1.807) is 6.20 Å². The maximum atomic E-state index is 12.9. The minimum absolute atomic E-state index is 0.131. The molecule has 2 aliphatic heterocycles. The third-order valence-electron chi connectivity index (χ3n) is 5.32. The molecule has 0 saturated heterocycles. The zero-order valence-corrected chi connectivity index (χ0v) is 12.8. The lowest BCUT2D eigenvalue weighted by atomic mass is 9.81. The van der Waals surface area contributed by atoms with Crippen molar-refractivity contribution in [1.82, 2.24) is 14.5 Å². The van der Waals surface area contributed by atoms with Crippen molar-refractivity contribution in [3.63, 3.8) is 0 Å². The summed E-state index contributed by atoms with van der Waals surface area (Å²) >= 11 is 0. The quantitative estimate of drug-likeness (QED) is 0.689. The first-order valence-electron chi connectivity index (χ1n) is 8.29. The number of pyridine rings is 1. The first-order valence-corrected chi connectivity index (χ1v) is 8.29.